The van der Waals surface area contributed by atoms with Crippen LogP contribution in [0.3, 0.4) is 0 Å². The Bertz CT molecular complexity index is 604. The van der Waals surface area contributed by atoms with Gasteiger partial charge in [0.2, 0.25) is 11.6 Å². The van der Waals surface area contributed by atoms with Crippen molar-refractivity contribution < 1.29 is 14.7 Å². The van der Waals surface area contributed by atoms with Crippen LogP contribution < -0.4 is 0 Å². The van der Waals surface area contributed by atoms with Crippen molar-refractivity contribution in [2.45, 2.75) is 64.7 Å². The van der Waals surface area contributed by atoms with Gasteiger partial charge in [0.15, 0.2) is 0 Å². The van der Waals surface area contributed by atoms with Crippen LogP contribution in [0.2, 0.25) is 0 Å². The van der Waals surface area contributed by atoms with Gasteiger partial charge in [0.1, 0.15) is 11.5 Å². The number of nitrogens with zero attached hydrogens (tertiary/aromatic N) is 1. The highest BCUT2D eigenvalue weighted by Gasteiger charge is 2.32. The van der Waals surface area contributed by atoms with Crippen LogP contribution in [0.25, 0.3) is 5.76 Å². The van der Waals surface area contributed by atoms with Crippen molar-refractivity contribution in [1.82, 2.24) is 4.98 Å². The van der Waals surface area contributed by atoms with Crippen LogP contribution in [0, 0.1) is 0 Å². The van der Waals surface area contributed by atoms with Crippen LogP contribution in [0.1, 0.15) is 80.8 Å². The lowest BCUT2D eigenvalue weighted by molar-refractivity contribution is -0.112. The Morgan fingerprint density at radius 1 is 0.957 bits per heavy atom. The van der Waals surface area contributed by atoms with E-state index in [9.17, 15) is 14.7 Å². The molecule has 0 unspecified atom stereocenters. The van der Waals surface area contributed by atoms with E-state index in [0.717, 1.165) is 19.3 Å². The normalized spacial score (nSPS) is 14.3. The number of aliphatic hydroxyl groups is 1. The molecule has 0 radical (unpaired) electrons. The number of ketones is 2. The molecule has 0 saturated heterocycles. The molecule has 124 valence electrons. The van der Waals surface area contributed by atoms with Crippen LogP contribution >= 0.6 is 0 Å². The van der Waals surface area contributed by atoms with Crippen LogP contribution in [0.4, 0.5) is 0 Å². The predicted molar refractivity (Wildman–Crippen MR) is 90.4 cm³/mol. The van der Waals surface area contributed by atoms with Gasteiger partial charge in [-0.2, -0.15) is 0 Å². The molecule has 1 aliphatic carbocycles. The van der Waals surface area contributed by atoms with E-state index in [2.05, 4.69) is 11.9 Å². The fraction of sp³-hybridized carbons (Fsp3) is 0.526. The zero-order chi connectivity index (χ0) is 16.7. The molecule has 2 rings (SSSR count). The number of hydrogen-bond acceptors (Lipinski definition) is 4. The number of allylic oxidation sites excluding steroid dienone is 1. The quantitative estimate of drug-likeness (QED) is 0.532. The molecule has 0 spiro atoms. The van der Waals surface area contributed by atoms with Crippen LogP contribution in [-0.2, 0) is 4.79 Å². The summed E-state index contributed by atoms with van der Waals surface area (Å²) in [5, 5.41) is 10.3. The van der Waals surface area contributed by atoms with E-state index < -0.39 is 11.6 Å². The molecule has 4 heteroatoms. The Labute approximate surface area is 137 Å². The number of carbonyl (C=O) groups excluding carboxylic acids is 2. The van der Waals surface area contributed by atoms with Gasteiger partial charge in [-0.15, -0.1) is 0 Å². The van der Waals surface area contributed by atoms with Gasteiger partial charge in [0.05, 0.1) is 5.56 Å². The van der Waals surface area contributed by atoms with Gasteiger partial charge in [0, 0.05) is 11.8 Å². The minimum atomic E-state index is -0.578. The number of aromatic nitrogens is 1. The maximum absolute atomic E-state index is 12.1. The van der Waals surface area contributed by atoms with Gasteiger partial charge in [-0.25, -0.2) is 0 Å². The van der Waals surface area contributed by atoms with Crippen LogP contribution in [0.15, 0.2) is 23.9 Å². The van der Waals surface area contributed by atoms with Gasteiger partial charge in [-0.3, -0.25) is 14.6 Å². The number of pyridine rings is 1. The molecular formula is C19H25NO3. The van der Waals surface area contributed by atoms with Gasteiger partial charge in [0.25, 0.3) is 0 Å². The number of aliphatic hydroxyl groups excluding tert-OH is 1. The molecule has 0 bridgehead atoms. The highest BCUT2D eigenvalue weighted by molar-refractivity contribution is 6.52. The first-order chi connectivity index (χ1) is 11.2. The molecule has 1 heterocycles. The first kappa shape index (κ1) is 17.4. The van der Waals surface area contributed by atoms with Crippen LogP contribution in [0.5, 0.6) is 0 Å². The van der Waals surface area contributed by atoms with Crippen LogP contribution in [-0.4, -0.2) is 21.7 Å². The van der Waals surface area contributed by atoms with Crippen molar-refractivity contribution >= 4 is 17.3 Å². The largest absolute Gasteiger partial charge is 0.505 e. The van der Waals surface area contributed by atoms with Crippen molar-refractivity contribution in [3.8, 4) is 0 Å². The third kappa shape index (κ3) is 4.27. The third-order valence-corrected chi connectivity index (χ3v) is 4.32. The Balaban J connectivity index is 1.87. The summed E-state index contributed by atoms with van der Waals surface area (Å²) in [5.74, 6) is -1.25. The molecule has 0 aromatic carbocycles. The summed E-state index contributed by atoms with van der Waals surface area (Å²) in [5.41, 5.74) is 0.675. The molecule has 23 heavy (non-hydrogen) atoms. The molecule has 1 N–H and O–H groups in total. The Hall–Kier alpha value is -1.97. The first-order valence-corrected chi connectivity index (χ1v) is 8.63. The van der Waals surface area contributed by atoms with Crippen molar-refractivity contribution in [2.24, 2.45) is 0 Å². The Morgan fingerprint density at radius 3 is 2.30 bits per heavy atom. The summed E-state index contributed by atoms with van der Waals surface area (Å²) in [4.78, 5) is 28.3. The summed E-state index contributed by atoms with van der Waals surface area (Å²) in [6.45, 7) is 2.20. The maximum atomic E-state index is 12.1. The van der Waals surface area contributed by atoms with E-state index in [-0.39, 0.29) is 22.6 Å². The second-order valence-corrected chi connectivity index (χ2v) is 6.11. The van der Waals surface area contributed by atoms with Crippen molar-refractivity contribution in [2.75, 3.05) is 0 Å². The van der Waals surface area contributed by atoms with E-state index in [1.807, 2.05) is 0 Å². The number of fused-ring (bicyclic) bond motifs is 1. The number of hydrogen-bond donors (Lipinski definition) is 1. The lowest BCUT2D eigenvalue weighted by atomic mass is 9.89. The summed E-state index contributed by atoms with van der Waals surface area (Å²) >= 11 is 0. The first-order valence-electron chi connectivity index (χ1n) is 8.63. The van der Waals surface area contributed by atoms with Gasteiger partial charge in [-0.1, -0.05) is 51.9 Å². The van der Waals surface area contributed by atoms with E-state index >= 15 is 0 Å². The molecule has 1 aromatic rings. The third-order valence-electron chi connectivity index (χ3n) is 4.32. The highest BCUT2D eigenvalue weighted by atomic mass is 16.3. The second kappa shape index (κ2) is 8.61. The van der Waals surface area contributed by atoms with E-state index in [1.165, 1.54) is 44.4 Å². The lowest BCUT2D eigenvalue weighted by Crippen LogP contribution is -2.24. The molecule has 1 aromatic heterocycles. The molecule has 4 nitrogen and oxygen atoms in total. The highest BCUT2D eigenvalue weighted by Crippen LogP contribution is 2.28. The predicted octanol–water partition coefficient (Wildman–Crippen LogP) is 4.65. The summed E-state index contributed by atoms with van der Waals surface area (Å²) in [7, 11) is 0. The van der Waals surface area contributed by atoms with Crippen molar-refractivity contribution in [3.05, 3.63) is 35.2 Å². The van der Waals surface area contributed by atoms with Crippen molar-refractivity contribution in [1.29, 1.82) is 0 Å². The Kier molecular flexibility index (Phi) is 6.51. The zero-order valence-corrected chi connectivity index (χ0v) is 13.8. The van der Waals surface area contributed by atoms with E-state index in [1.54, 1.807) is 6.07 Å². The average Bonchev–Trinajstić information content (AvgIpc) is 2.58. The summed E-state index contributed by atoms with van der Waals surface area (Å²) in [6, 6.07) is 3.13. The monoisotopic (exact) mass is 315 g/mol. The maximum Gasteiger partial charge on any atom is 0.235 e. The van der Waals surface area contributed by atoms with Gasteiger partial charge < -0.3 is 5.11 Å². The van der Waals surface area contributed by atoms with Gasteiger partial charge >= 0.3 is 0 Å². The minimum Gasteiger partial charge on any atom is -0.505 e. The van der Waals surface area contributed by atoms with Gasteiger partial charge in [-0.05, 0) is 25.0 Å². The number of Topliss-reactive ketones (excluding diaryl/α,β-unsaturated/α-hetero) is 2. The lowest BCUT2D eigenvalue weighted by Gasteiger charge is -2.16. The molecular weight excluding hydrogens is 290 g/mol. The molecule has 0 amide bonds. The summed E-state index contributed by atoms with van der Waals surface area (Å²) in [6.07, 6.45) is 11.2. The molecule has 0 aliphatic heterocycles. The minimum absolute atomic E-state index is 0.117. The second-order valence-electron chi connectivity index (χ2n) is 6.11. The molecule has 1 aliphatic rings. The van der Waals surface area contributed by atoms with Crippen molar-refractivity contribution in [3.63, 3.8) is 0 Å². The SMILES string of the molecule is CCCCCCCCCCC1=C(O)c2ncccc2C(=O)C1=O. The standard InChI is InChI=1S/C19H25NO3/c1-2-3-4-5-6-7-8-9-11-15-17(21)16-14(12-10-13-20-16)18(22)19(15)23/h10,12-13,21H,2-9,11H2,1H3. The average molecular weight is 315 g/mol. The van der Waals surface area contributed by atoms with E-state index in [4.69, 9.17) is 0 Å². The molecule has 0 atom stereocenters. The smallest absolute Gasteiger partial charge is 0.235 e. The summed E-state index contributed by atoms with van der Waals surface area (Å²) < 4.78 is 0. The Morgan fingerprint density at radius 2 is 1.61 bits per heavy atom. The number of carbonyl (C=O) groups is 2. The number of rotatable bonds is 9. The topological polar surface area (TPSA) is 67.3 Å². The fourth-order valence-electron chi connectivity index (χ4n) is 2.95. The van der Waals surface area contributed by atoms with E-state index in [0.29, 0.717) is 6.42 Å². The molecule has 0 saturated carbocycles. The number of unbranched alkanes of at least 4 members (excludes halogenated alkanes) is 7. The fourth-order valence-corrected chi connectivity index (χ4v) is 2.95. The zero-order valence-electron chi connectivity index (χ0n) is 13.8. The molecule has 0 fully saturated rings.